The first-order valence-corrected chi connectivity index (χ1v) is 8.13. The Balaban J connectivity index is 1.43. The summed E-state index contributed by atoms with van der Waals surface area (Å²) in [6.07, 6.45) is 8.50. The number of pyridine rings is 1. The second kappa shape index (κ2) is 6.75. The molecule has 0 unspecified atom stereocenters. The van der Waals surface area contributed by atoms with E-state index < -0.39 is 4.92 Å². The zero-order valence-corrected chi connectivity index (χ0v) is 13.8. The van der Waals surface area contributed by atoms with Gasteiger partial charge in [-0.2, -0.15) is 5.10 Å². The summed E-state index contributed by atoms with van der Waals surface area (Å²) < 4.78 is 1.68. The van der Waals surface area contributed by atoms with Crippen molar-refractivity contribution < 1.29 is 4.92 Å². The van der Waals surface area contributed by atoms with Crippen molar-refractivity contribution in [1.29, 1.82) is 0 Å². The third kappa shape index (κ3) is 3.16. The maximum atomic E-state index is 10.7. The van der Waals surface area contributed by atoms with E-state index in [4.69, 9.17) is 0 Å². The highest BCUT2D eigenvalue weighted by atomic mass is 16.6. The fraction of sp³-hybridized carbons (Fsp3) is 0.250. The van der Waals surface area contributed by atoms with Gasteiger partial charge in [-0.05, 0) is 22.0 Å². The SMILES string of the molecule is O=[N+]([O-])c1ccc(N2CCN(c3cncc(-n4cccn4)n3)CC2)cn1. The van der Waals surface area contributed by atoms with E-state index in [1.54, 1.807) is 35.5 Å². The van der Waals surface area contributed by atoms with Crippen molar-refractivity contribution in [2.24, 2.45) is 0 Å². The maximum absolute atomic E-state index is 10.7. The van der Waals surface area contributed by atoms with Crippen molar-refractivity contribution in [1.82, 2.24) is 24.7 Å². The molecule has 4 rings (SSSR count). The number of hydrogen-bond donors (Lipinski definition) is 0. The van der Waals surface area contributed by atoms with Gasteiger partial charge in [-0.15, -0.1) is 0 Å². The second-order valence-electron chi connectivity index (χ2n) is 5.79. The zero-order valence-electron chi connectivity index (χ0n) is 13.8. The van der Waals surface area contributed by atoms with Gasteiger partial charge in [0.25, 0.3) is 0 Å². The van der Waals surface area contributed by atoms with Crippen LogP contribution in [0.5, 0.6) is 0 Å². The molecule has 26 heavy (non-hydrogen) atoms. The topological polar surface area (TPSA) is 106 Å². The van der Waals surface area contributed by atoms with Gasteiger partial charge in [-0.25, -0.2) is 9.67 Å². The first kappa shape index (κ1) is 15.9. The summed E-state index contributed by atoms with van der Waals surface area (Å²) in [4.78, 5) is 27.3. The van der Waals surface area contributed by atoms with Crippen molar-refractivity contribution in [2.75, 3.05) is 36.0 Å². The van der Waals surface area contributed by atoms with E-state index in [0.717, 1.165) is 37.7 Å². The molecule has 3 aromatic heterocycles. The molecule has 0 N–H and O–H groups in total. The molecular formula is C16H16N8O2. The minimum absolute atomic E-state index is 0.141. The smallest absolute Gasteiger partial charge is 0.363 e. The Bertz CT molecular complexity index is 889. The van der Waals surface area contributed by atoms with Crippen LogP contribution >= 0.6 is 0 Å². The minimum Gasteiger partial charge on any atom is -0.365 e. The summed E-state index contributed by atoms with van der Waals surface area (Å²) in [7, 11) is 0. The Morgan fingerprint density at radius 1 is 1.00 bits per heavy atom. The Morgan fingerprint density at radius 2 is 1.77 bits per heavy atom. The Labute approximate surface area is 148 Å². The van der Waals surface area contributed by atoms with Crippen LogP contribution in [0.3, 0.4) is 0 Å². The fourth-order valence-electron chi connectivity index (χ4n) is 2.88. The van der Waals surface area contributed by atoms with Crippen LogP contribution in [-0.4, -0.2) is 55.8 Å². The van der Waals surface area contributed by atoms with Gasteiger partial charge in [-0.3, -0.25) is 4.98 Å². The van der Waals surface area contributed by atoms with Crippen molar-refractivity contribution in [3.8, 4) is 5.82 Å². The summed E-state index contributed by atoms with van der Waals surface area (Å²) in [5.74, 6) is 1.34. The van der Waals surface area contributed by atoms with Crippen LogP contribution in [0.1, 0.15) is 0 Å². The molecule has 0 atom stereocenters. The van der Waals surface area contributed by atoms with Gasteiger partial charge in [0.05, 0.1) is 18.1 Å². The van der Waals surface area contributed by atoms with E-state index >= 15 is 0 Å². The van der Waals surface area contributed by atoms with Gasteiger partial charge >= 0.3 is 5.82 Å². The molecule has 1 aliphatic rings. The molecule has 0 spiro atoms. The fourth-order valence-corrected chi connectivity index (χ4v) is 2.88. The molecule has 1 fully saturated rings. The summed E-state index contributed by atoms with van der Waals surface area (Å²) in [5, 5.41) is 14.9. The van der Waals surface area contributed by atoms with Crippen molar-refractivity contribution in [2.45, 2.75) is 0 Å². The normalized spacial score (nSPS) is 14.5. The first-order valence-electron chi connectivity index (χ1n) is 8.13. The van der Waals surface area contributed by atoms with Crippen molar-refractivity contribution >= 4 is 17.3 Å². The van der Waals surface area contributed by atoms with E-state index in [0.29, 0.717) is 5.82 Å². The van der Waals surface area contributed by atoms with Gasteiger partial charge in [-0.1, -0.05) is 0 Å². The van der Waals surface area contributed by atoms with Crippen LogP contribution in [0.4, 0.5) is 17.3 Å². The standard InChI is InChI=1S/C16H16N8O2/c25-24(26)14-3-2-13(10-18-14)21-6-8-22(9-7-21)15-11-17-12-16(20-15)23-5-1-4-19-23/h1-5,10-12H,6-9H2. The predicted molar refractivity (Wildman–Crippen MR) is 94.5 cm³/mol. The molecular weight excluding hydrogens is 336 g/mol. The second-order valence-corrected chi connectivity index (χ2v) is 5.79. The summed E-state index contributed by atoms with van der Waals surface area (Å²) in [6.45, 7) is 3.09. The summed E-state index contributed by atoms with van der Waals surface area (Å²) in [5.41, 5.74) is 0.881. The number of hydrogen-bond acceptors (Lipinski definition) is 8. The highest BCUT2D eigenvalue weighted by molar-refractivity contribution is 5.49. The zero-order chi connectivity index (χ0) is 17.9. The van der Waals surface area contributed by atoms with Crippen LogP contribution in [0.15, 0.2) is 49.2 Å². The van der Waals surface area contributed by atoms with Crippen LogP contribution in [-0.2, 0) is 0 Å². The number of anilines is 2. The monoisotopic (exact) mass is 352 g/mol. The first-order chi connectivity index (χ1) is 12.7. The average molecular weight is 352 g/mol. The number of piperazine rings is 1. The lowest BCUT2D eigenvalue weighted by Crippen LogP contribution is -2.47. The van der Waals surface area contributed by atoms with Gasteiger partial charge in [0.1, 0.15) is 5.82 Å². The number of nitrogens with zero attached hydrogens (tertiary/aromatic N) is 8. The third-order valence-corrected chi connectivity index (χ3v) is 4.24. The lowest BCUT2D eigenvalue weighted by atomic mass is 10.2. The number of rotatable bonds is 4. The molecule has 0 bridgehead atoms. The van der Waals surface area contributed by atoms with Gasteiger partial charge in [0.15, 0.2) is 12.0 Å². The molecule has 0 radical (unpaired) electrons. The van der Waals surface area contributed by atoms with Crippen LogP contribution in [0.25, 0.3) is 5.82 Å². The van der Waals surface area contributed by atoms with Crippen LogP contribution in [0, 0.1) is 10.1 Å². The van der Waals surface area contributed by atoms with Crippen molar-refractivity contribution in [3.05, 3.63) is 59.3 Å². The largest absolute Gasteiger partial charge is 0.365 e. The molecule has 1 aliphatic heterocycles. The minimum atomic E-state index is -0.493. The predicted octanol–water partition coefficient (Wildman–Crippen LogP) is 1.29. The number of aromatic nitrogens is 5. The quantitative estimate of drug-likeness (QED) is 0.511. The lowest BCUT2D eigenvalue weighted by molar-refractivity contribution is -0.389. The average Bonchev–Trinajstić information content (AvgIpc) is 3.23. The molecule has 0 saturated carbocycles. The molecule has 132 valence electrons. The van der Waals surface area contributed by atoms with E-state index in [1.165, 1.54) is 6.07 Å². The maximum Gasteiger partial charge on any atom is 0.363 e. The Morgan fingerprint density at radius 3 is 2.42 bits per heavy atom. The van der Waals surface area contributed by atoms with Gasteiger partial charge < -0.3 is 19.9 Å². The molecule has 10 nitrogen and oxygen atoms in total. The Hall–Kier alpha value is -3.56. The highest BCUT2D eigenvalue weighted by Gasteiger charge is 2.20. The lowest BCUT2D eigenvalue weighted by Gasteiger charge is -2.36. The molecule has 3 aromatic rings. The van der Waals surface area contributed by atoms with E-state index in [9.17, 15) is 10.1 Å². The van der Waals surface area contributed by atoms with Gasteiger partial charge in [0, 0.05) is 44.6 Å². The van der Waals surface area contributed by atoms with Crippen LogP contribution in [0.2, 0.25) is 0 Å². The van der Waals surface area contributed by atoms with E-state index in [-0.39, 0.29) is 5.82 Å². The van der Waals surface area contributed by atoms with E-state index in [1.807, 2.05) is 12.3 Å². The molecule has 4 heterocycles. The molecule has 0 amide bonds. The van der Waals surface area contributed by atoms with Crippen molar-refractivity contribution in [3.63, 3.8) is 0 Å². The summed E-state index contributed by atoms with van der Waals surface area (Å²) in [6, 6.07) is 5.00. The summed E-state index contributed by atoms with van der Waals surface area (Å²) >= 11 is 0. The molecule has 1 saturated heterocycles. The molecule has 0 aliphatic carbocycles. The van der Waals surface area contributed by atoms with E-state index in [2.05, 4.69) is 29.9 Å². The molecule has 10 heteroatoms. The van der Waals surface area contributed by atoms with Crippen LogP contribution < -0.4 is 9.80 Å². The molecule has 0 aromatic carbocycles. The highest BCUT2D eigenvalue weighted by Crippen LogP contribution is 2.20. The number of nitro groups is 1. The third-order valence-electron chi connectivity index (χ3n) is 4.24. The Kier molecular flexibility index (Phi) is 4.14. The van der Waals surface area contributed by atoms with Gasteiger partial charge in [0.2, 0.25) is 0 Å².